The van der Waals surface area contributed by atoms with Crippen LogP contribution in [0.1, 0.15) is 23.4 Å². The lowest BCUT2D eigenvalue weighted by Crippen LogP contribution is -2.22. The summed E-state index contributed by atoms with van der Waals surface area (Å²) in [6.07, 6.45) is 3.22. The molecule has 0 atom stereocenters. The zero-order valence-corrected chi connectivity index (χ0v) is 18.9. The van der Waals surface area contributed by atoms with E-state index in [0.717, 1.165) is 30.6 Å². The summed E-state index contributed by atoms with van der Waals surface area (Å²) in [6.45, 7) is 0. The Labute approximate surface area is 185 Å². The lowest BCUT2D eigenvalue weighted by molar-refractivity contribution is 0.489. The topological polar surface area (TPSA) is 81.2 Å². The Bertz CT molecular complexity index is 1360. The first-order chi connectivity index (χ1) is 14.9. The molecule has 0 aliphatic heterocycles. The van der Waals surface area contributed by atoms with Crippen molar-refractivity contribution in [1.29, 1.82) is 0 Å². The van der Waals surface area contributed by atoms with E-state index in [2.05, 4.69) is 21.8 Å². The molecule has 0 bridgehead atoms. The van der Waals surface area contributed by atoms with Crippen molar-refractivity contribution in [3.05, 3.63) is 65.5 Å². The highest BCUT2D eigenvalue weighted by Crippen LogP contribution is 2.33. The van der Waals surface area contributed by atoms with Crippen LogP contribution < -0.4 is 0 Å². The second-order valence-electron chi connectivity index (χ2n) is 7.66. The molecule has 4 aromatic rings. The smallest absolute Gasteiger partial charge is 0.257 e. The van der Waals surface area contributed by atoms with Gasteiger partial charge < -0.3 is 4.42 Å². The normalized spacial score (nSPS) is 13.9. The van der Waals surface area contributed by atoms with Gasteiger partial charge in [-0.2, -0.15) is 5.10 Å². The molecule has 2 heterocycles. The van der Waals surface area contributed by atoms with Crippen molar-refractivity contribution in [1.82, 2.24) is 19.1 Å². The van der Waals surface area contributed by atoms with E-state index in [-0.39, 0.29) is 4.90 Å². The number of nitrogens with zero attached hydrogens (tertiary/aromatic N) is 4. The SMILES string of the molecule is CN(C)S(=O)(=O)c1ccc2oc(SCc3nn(-c4ccccc4)c4c3CCC4)nc2c1. The molecule has 0 unspecified atom stereocenters. The number of thioether (sulfide) groups is 1. The van der Waals surface area contributed by atoms with Crippen LogP contribution in [-0.4, -0.2) is 41.6 Å². The fourth-order valence-electron chi connectivity index (χ4n) is 3.86. The summed E-state index contributed by atoms with van der Waals surface area (Å²) in [4.78, 5) is 4.70. The van der Waals surface area contributed by atoms with Crippen molar-refractivity contribution in [2.45, 2.75) is 35.1 Å². The number of rotatable bonds is 6. The number of fused-ring (bicyclic) bond motifs is 2. The van der Waals surface area contributed by atoms with Gasteiger partial charge in [0.05, 0.1) is 16.3 Å². The van der Waals surface area contributed by atoms with E-state index in [1.807, 2.05) is 18.2 Å². The first kappa shape index (κ1) is 20.3. The molecule has 160 valence electrons. The molecule has 1 aliphatic rings. The van der Waals surface area contributed by atoms with Crippen molar-refractivity contribution in [2.24, 2.45) is 0 Å². The van der Waals surface area contributed by atoms with E-state index in [4.69, 9.17) is 9.52 Å². The molecule has 5 rings (SSSR count). The van der Waals surface area contributed by atoms with Crippen LogP contribution in [0.3, 0.4) is 0 Å². The van der Waals surface area contributed by atoms with E-state index in [0.29, 0.717) is 22.1 Å². The summed E-state index contributed by atoms with van der Waals surface area (Å²) in [6, 6.07) is 15.0. The van der Waals surface area contributed by atoms with Crippen LogP contribution in [0.5, 0.6) is 0 Å². The summed E-state index contributed by atoms with van der Waals surface area (Å²) in [5.74, 6) is 0.651. The molecule has 0 spiro atoms. The predicted octanol–water partition coefficient (Wildman–Crippen LogP) is 4.04. The second kappa shape index (κ2) is 7.81. The van der Waals surface area contributed by atoms with E-state index in [1.54, 1.807) is 18.2 Å². The maximum absolute atomic E-state index is 12.4. The van der Waals surface area contributed by atoms with Crippen LogP contribution in [0.25, 0.3) is 16.8 Å². The molecule has 7 nitrogen and oxygen atoms in total. The molecule has 0 radical (unpaired) electrons. The molecule has 9 heteroatoms. The number of hydrogen-bond acceptors (Lipinski definition) is 6. The van der Waals surface area contributed by atoms with Gasteiger partial charge in [0.25, 0.3) is 5.22 Å². The minimum absolute atomic E-state index is 0.203. The van der Waals surface area contributed by atoms with Gasteiger partial charge in [0.1, 0.15) is 5.52 Å². The van der Waals surface area contributed by atoms with Gasteiger partial charge in [-0.3, -0.25) is 0 Å². The molecule has 0 amide bonds. The number of benzene rings is 2. The molecule has 1 aliphatic carbocycles. The van der Waals surface area contributed by atoms with Gasteiger partial charge >= 0.3 is 0 Å². The summed E-state index contributed by atoms with van der Waals surface area (Å²) in [5.41, 5.74) is 5.85. The second-order valence-corrected chi connectivity index (χ2v) is 10.7. The van der Waals surface area contributed by atoms with Crippen LogP contribution in [0, 0.1) is 0 Å². The highest BCUT2D eigenvalue weighted by atomic mass is 32.2. The minimum Gasteiger partial charge on any atom is -0.431 e. The molecule has 0 fully saturated rings. The van der Waals surface area contributed by atoms with Crippen molar-refractivity contribution in [2.75, 3.05) is 14.1 Å². The fourth-order valence-corrected chi connectivity index (χ4v) is 5.59. The third-order valence-corrected chi connectivity index (χ3v) is 8.11. The third kappa shape index (κ3) is 3.66. The van der Waals surface area contributed by atoms with Gasteiger partial charge in [-0.15, -0.1) is 0 Å². The van der Waals surface area contributed by atoms with Crippen molar-refractivity contribution >= 4 is 32.9 Å². The Balaban J connectivity index is 1.41. The summed E-state index contributed by atoms with van der Waals surface area (Å²) in [5, 5.41) is 5.39. The van der Waals surface area contributed by atoms with Gasteiger partial charge in [-0.25, -0.2) is 22.4 Å². The molecule has 0 saturated carbocycles. The molecule has 2 aromatic heterocycles. The van der Waals surface area contributed by atoms with Crippen LogP contribution in [0.4, 0.5) is 0 Å². The average molecular weight is 455 g/mol. The molecular formula is C22H22N4O3S2. The van der Waals surface area contributed by atoms with E-state index in [1.165, 1.54) is 41.4 Å². The Kier molecular flexibility index (Phi) is 5.11. The molecule has 0 saturated heterocycles. The van der Waals surface area contributed by atoms with Gasteiger partial charge in [0, 0.05) is 25.5 Å². The maximum Gasteiger partial charge on any atom is 0.257 e. The van der Waals surface area contributed by atoms with Gasteiger partial charge in [0.15, 0.2) is 5.58 Å². The Morgan fingerprint density at radius 3 is 2.71 bits per heavy atom. The van der Waals surface area contributed by atoms with Gasteiger partial charge in [-0.1, -0.05) is 30.0 Å². The number of aromatic nitrogens is 3. The zero-order chi connectivity index (χ0) is 21.6. The monoisotopic (exact) mass is 454 g/mol. The first-order valence-corrected chi connectivity index (χ1v) is 12.5. The number of hydrogen-bond donors (Lipinski definition) is 0. The van der Waals surface area contributed by atoms with Crippen LogP contribution in [0.2, 0.25) is 0 Å². The van der Waals surface area contributed by atoms with Crippen molar-refractivity contribution in [3.63, 3.8) is 0 Å². The van der Waals surface area contributed by atoms with Crippen molar-refractivity contribution < 1.29 is 12.8 Å². The van der Waals surface area contributed by atoms with Gasteiger partial charge in [0.2, 0.25) is 10.0 Å². The van der Waals surface area contributed by atoms with Crippen molar-refractivity contribution in [3.8, 4) is 5.69 Å². The Morgan fingerprint density at radius 2 is 1.94 bits per heavy atom. The molecule has 0 N–H and O–H groups in total. The molecular weight excluding hydrogens is 432 g/mol. The maximum atomic E-state index is 12.4. The Hall–Kier alpha value is -2.62. The summed E-state index contributed by atoms with van der Waals surface area (Å²) >= 11 is 1.48. The molecule has 31 heavy (non-hydrogen) atoms. The minimum atomic E-state index is -3.51. The van der Waals surface area contributed by atoms with E-state index < -0.39 is 10.0 Å². The van der Waals surface area contributed by atoms with Crippen LogP contribution in [-0.2, 0) is 28.6 Å². The lowest BCUT2D eigenvalue weighted by Gasteiger charge is -2.10. The largest absolute Gasteiger partial charge is 0.431 e. The highest BCUT2D eigenvalue weighted by Gasteiger charge is 2.24. The van der Waals surface area contributed by atoms with E-state index >= 15 is 0 Å². The fraction of sp³-hybridized carbons (Fsp3) is 0.273. The van der Waals surface area contributed by atoms with Crippen LogP contribution >= 0.6 is 11.8 Å². The van der Waals surface area contributed by atoms with Gasteiger partial charge in [-0.05, 0) is 55.2 Å². The zero-order valence-electron chi connectivity index (χ0n) is 17.3. The molecule has 2 aromatic carbocycles. The number of para-hydroxylation sites is 1. The highest BCUT2D eigenvalue weighted by molar-refractivity contribution is 7.98. The number of sulfonamides is 1. The number of oxazole rings is 1. The third-order valence-electron chi connectivity index (χ3n) is 5.46. The predicted molar refractivity (Wildman–Crippen MR) is 120 cm³/mol. The standard InChI is InChI=1S/C22H22N4O3S2/c1-25(2)31(27,28)16-11-12-21-18(13-16)23-22(29-21)30-14-19-17-9-6-10-20(17)26(24-19)15-7-4-3-5-8-15/h3-5,7-8,11-13H,6,9-10,14H2,1-2H3. The average Bonchev–Trinajstić information content (AvgIpc) is 3.47. The Morgan fingerprint density at radius 1 is 1.13 bits per heavy atom. The summed E-state index contributed by atoms with van der Waals surface area (Å²) in [7, 11) is -0.492. The summed E-state index contributed by atoms with van der Waals surface area (Å²) < 4.78 is 33.8. The lowest BCUT2D eigenvalue weighted by atomic mass is 10.2. The quantitative estimate of drug-likeness (QED) is 0.409. The first-order valence-electron chi connectivity index (χ1n) is 10.0. The van der Waals surface area contributed by atoms with Crippen LogP contribution in [0.15, 0.2) is 63.1 Å². The van der Waals surface area contributed by atoms with E-state index in [9.17, 15) is 8.42 Å².